The summed E-state index contributed by atoms with van der Waals surface area (Å²) in [7, 11) is 0. The monoisotopic (exact) mass is 203 g/mol. The van der Waals surface area contributed by atoms with E-state index in [9.17, 15) is 14.7 Å². The highest BCUT2D eigenvalue weighted by atomic mass is 16.5. The van der Waals surface area contributed by atoms with Crippen LogP contribution in [0, 0.1) is 0 Å². The number of rotatable bonds is 9. The van der Waals surface area contributed by atoms with Gasteiger partial charge in [-0.1, -0.05) is 6.42 Å². The summed E-state index contributed by atoms with van der Waals surface area (Å²) < 4.78 is 5.01. The molecule has 0 aromatic carbocycles. The summed E-state index contributed by atoms with van der Waals surface area (Å²) in [4.78, 5) is 20.1. The van der Waals surface area contributed by atoms with Crippen LogP contribution in [-0.4, -0.2) is 30.3 Å². The molecule has 0 aromatic rings. The van der Waals surface area contributed by atoms with E-state index in [2.05, 4.69) is 0 Å². The molecule has 82 valence electrons. The molecular formula is C9H15O5-. The summed E-state index contributed by atoms with van der Waals surface area (Å²) in [5.41, 5.74) is 0. The molecule has 5 heteroatoms. The van der Waals surface area contributed by atoms with Gasteiger partial charge in [-0.05, 0) is 19.3 Å². The fraction of sp³-hybridized carbons (Fsp3) is 0.778. The lowest BCUT2D eigenvalue weighted by molar-refractivity contribution is -0.305. The highest BCUT2D eigenvalue weighted by molar-refractivity contribution is 5.66. The van der Waals surface area contributed by atoms with Crippen molar-refractivity contribution in [1.82, 2.24) is 0 Å². The van der Waals surface area contributed by atoms with Gasteiger partial charge in [-0.15, -0.1) is 0 Å². The van der Waals surface area contributed by atoms with E-state index in [4.69, 9.17) is 9.84 Å². The largest absolute Gasteiger partial charge is 0.550 e. The van der Waals surface area contributed by atoms with Crippen molar-refractivity contribution in [3.63, 3.8) is 0 Å². The zero-order chi connectivity index (χ0) is 10.8. The van der Waals surface area contributed by atoms with Gasteiger partial charge in [0.25, 0.3) is 0 Å². The van der Waals surface area contributed by atoms with Crippen molar-refractivity contribution in [3.8, 4) is 0 Å². The molecule has 0 fully saturated rings. The number of carboxylic acid groups (broad SMARTS) is 2. The number of unbranched alkanes of at least 4 members (excludes halogenated alkanes) is 2. The van der Waals surface area contributed by atoms with Crippen molar-refractivity contribution in [1.29, 1.82) is 0 Å². The molecule has 1 N–H and O–H groups in total. The Morgan fingerprint density at radius 2 is 1.79 bits per heavy atom. The number of ether oxygens (including phenoxy) is 1. The quantitative estimate of drug-likeness (QED) is 0.524. The van der Waals surface area contributed by atoms with Crippen molar-refractivity contribution < 1.29 is 24.5 Å². The minimum Gasteiger partial charge on any atom is -0.550 e. The molecule has 0 aliphatic rings. The molecule has 0 spiro atoms. The second-order valence-corrected chi connectivity index (χ2v) is 2.94. The van der Waals surface area contributed by atoms with E-state index in [1.54, 1.807) is 0 Å². The van der Waals surface area contributed by atoms with Crippen LogP contribution in [0.2, 0.25) is 0 Å². The van der Waals surface area contributed by atoms with E-state index < -0.39 is 11.9 Å². The van der Waals surface area contributed by atoms with Crippen LogP contribution in [0.25, 0.3) is 0 Å². The third kappa shape index (κ3) is 10.9. The first-order chi connectivity index (χ1) is 6.63. The summed E-state index contributed by atoms with van der Waals surface area (Å²) in [6.07, 6.45) is 2.20. The van der Waals surface area contributed by atoms with Crippen LogP contribution in [0.3, 0.4) is 0 Å². The Morgan fingerprint density at radius 1 is 1.07 bits per heavy atom. The van der Waals surface area contributed by atoms with E-state index in [0.29, 0.717) is 13.0 Å². The number of hydrogen-bond acceptors (Lipinski definition) is 4. The van der Waals surface area contributed by atoms with Crippen molar-refractivity contribution in [2.45, 2.75) is 32.1 Å². The van der Waals surface area contributed by atoms with Crippen LogP contribution < -0.4 is 5.11 Å². The van der Waals surface area contributed by atoms with Crippen molar-refractivity contribution >= 4 is 11.9 Å². The summed E-state index contributed by atoms with van der Waals surface area (Å²) in [6.45, 7) is 0.705. The minimum atomic E-state index is -1.03. The zero-order valence-electron chi connectivity index (χ0n) is 8.03. The summed E-state index contributed by atoms with van der Waals surface area (Å²) in [5, 5.41) is 18.3. The Morgan fingerprint density at radius 3 is 2.36 bits per heavy atom. The Hall–Kier alpha value is -1.10. The van der Waals surface area contributed by atoms with Gasteiger partial charge in [-0.2, -0.15) is 0 Å². The molecule has 0 amide bonds. The maximum Gasteiger partial charge on any atom is 0.305 e. The van der Waals surface area contributed by atoms with E-state index in [0.717, 1.165) is 12.8 Å². The average Bonchev–Trinajstić information content (AvgIpc) is 2.08. The molecule has 0 saturated carbocycles. The highest BCUT2D eigenvalue weighted by Crippen LogP contribution is 1.99. The minimum absolute atomic E-state index is 0.0129. The standard InChI is InChI=1S/C9H16O5/c10-8(11)4-2-1-3-6-14-7-5-9(12)13/h1-7H2,(H,10,11)(H,12,13)/p-1. The number of carbonyl (C=O) groups excluding carboxylic acids is 1. The SMILES string of the molecule is O=C([O-])CCCCCOCCC(=O)O. The predicted octanol–water partition coefficient (Wildman–Crippen LogP) is -0.212. The van der Waals surface area contributed by atoms with Crippen LogP contribution >= 0.6 is 0 Å². The maximum atomic E-state index is 10.1. The van der Waals surface area contributed by atoms with Gasteiger partial charge < -0.3 is 19.7 Å². The van der Waals surface area contributed by atoms with Crippen LogP contribution in [0.5, 0.6) is 0 Å². The van der Waals surface area contributed by atoms with Gasteiger partial charge in [0, 0.05) is 12.6 Å². The molecule has 0 saturated heterocycles. The molecule has 0 radical (unpaired) electrons. The summed E-state index contributed by atoms with van der Waals surface area (Å²) in [6, 6.07) is 0. The van der Waals surface area contributed by atoms with Crippen molar-refractivity contribution in [2.75, 3.05) is 13.2 Å². The maximum absolute atomic E-state index is 10.1. The molecule has 0 heterocycles. The molecule has 0 aliphatic carbocycles. The molecular weight excluding hydrogens is 188 g/mol. The molecule has 14 heavy (non-hydrogen) atoms. The van der Waals surface area contributed by atoms with Crippen LogP contribution in [0.1, 0.15) is 32.1 Å². The lowest BCUT2D eigenvalue weighted by atomic mass is 10.2. The van der Waals surface area contributed by atoms with Crippen molar-refractivity contribution in [3.05, 3.63) is 0 Å². The third-order valence-corrected chi connectivity index (χ3v) is 1.63. The average molecular weight is 203 g/mol. The fourth-order valence-corrected chi connectivity index (χ4v) is 0.912. The Kier molecular flexibility index (Phi) is 7.83. The van der Waals surface area contributed by atoms with Gasteiger partial charge in [0.2, 0.25) is 0 Å². The number of carboxylic acids is 2. The molecule has 5 nitrogen and oxygen atoms in total. The van der Waals surface area contributed by atoms with Gasteiger partial charge in [0.1, 0.15) is 0 Å². The van der Waals surface area contributed by atoms with Crippen LogP contribution in [-0.2, 0) is 14.3 Å². The molecule has 0 rings (SSSR count). The molecule has 0 bridgehead atoms. The first-order valence-corrected chi connectivity index (χ1v) is 4.62. The van der Waals surface area contributed by atoms with Crippen LogP contribution in [0.4, 0.5) is 0 Å². The van der Waals surface area contributed by atoms with Gasteiger partial charge in [0.05, 0.1) is 13.0 Å². The second-order valence-electron chi connectivity index (χ2n) is 2.94. The van der Waals surface area contributed by atoms with Gasteiger partial charge >= 0.3 is 5.97 Å². The van der Waals surface area contributed by atoms with E-state index in [-0.39, 0.29) is 19.4 Å². The zero-order valence-corrected chi connectivity index (χ0v) is 8.03. The molecule has 0 aromatic heterocycles. The van der Waals surface area contributed by atoms with Crippen LogP contribution in [0.15, 0.2) is 0 Å². The smallest absolute Gasteiger partial charge is 0.305 e. The predicted molar refractivity (Wildman–Crippen MR) is 46.5 cm³/mol. The number of aliphatic carboxylic acids is 2. The normalized spacial score (nSPS) is 10.0. The van der Waals surface area contributed by atoms with Crippen molar-refractivity contribution in [2.24, 2.45) is 0 Å². The van der Waals surface area contributed by atoms with E-state index in [1.165, 1.54) is 0 Å². The molecule has 0 atom stereocenters. The Bertz CT molecular complexity index is 158. The Balaban J connectivity index is 2.99. The van der Waals surface area contributed by atoms with Gasteiger partial charge in [-0.25, -0.2) is 0 Å². The number of carbonyl (C=O) groups is 2. The second kappa shape index (κ2) is 8.50. The summed E-state index contributed by atoms with van der Waals surface area (Å²) in [5.74, 6) is -1.90. The van der Waals surface area contributed by atoms with Gasteiger partial charge in [-0.3, -0.25) is 4.79 Å². The first kappa shape index (κ1) is 12.9. The topological polar surface area (TPSA) is 86.7 Å². The summed E-state index contributed by atoms with van der Waals surface area (Å²) >= 11 is 0. The van der Waals surface area contributed by atoms with E-state index in [1.807, 2.05) is 0 Å². The van der Waals surface area contributed by atoms with Gasteiger partial charge in [0.15, 0.2) is 0 Å². The third-order valence-electron chi connectivity index (χ3n) is 1.63. The first-order valence-electron chi connectivity index (χ1n) is 4.62. The van der Waals surface area contributed by atoms with E-state index >= 15 is 0 Å². The fourth-order valence-electron chi connectivity index (χ4n) is 0.912. The molecule has 0 aliphatic heterocycles. The highest BCUT2D eigenvalue weighted by Gasteiger charge is 1.96. The lowest BCUT2D eigenvalue weighted by Gasteiger charge is -2.03. The lowest BCUT2D eigenvalue weighted by Crippen LogP contribution is -2.21. The molecule has 0 unspecified atom stereocenters. The number of hydrogen-bond donors (Lipinski definition) is 1. The Labute approximate surface area is 82.7 Å².